The van der Waals surface area contributed by atoms with E-state index in [0.717, 1.165) is 22.2 Å². The van der Waals surface area contributed by atoms with Crippen molar-refractivity contribution in [2.45, 2.75) is 12.7 Å². The molecular formula is C22H25N3O4S. The number of ether oxygens (including phenoxy) is 1. The average Bonchev–Trinajstić information content (AvgIpc) is 3.17. The third kappa shape index (κ3) is 4.34. The molecule has 2 heterocycles. The molecule has 1 aromatic heterocycles. The lowest BCUT2D eigenvalue weighted by molar-refractivity contribution is 0.0693. The summed E-state index contributed by atoms with van der Waals surface area (Å²) >= 11 is 0. The number of nitrogens with one attached hydrogen (secondary N) is 1. The van der Waals surface area contributed by atoms with Crippen LogP contribution in [0.15, 0.2) is 54.6 Å². The molecule has 0 aliphatic carbocycles. The molecule has 1 fully saturated rings. The zero-order chi connectivity index (χ0) is 21.1. The van der Waals surface area contributed by atoms with E-state index in [4.69, 9.17) is 4.74 Å². The molecule has 8 heteroatoms. The highest BCUT2D eigenvalue weighted by molar-refractivity contribution is 7.88. The van der Waals surface area contributed by atoms with Crippen molar-refractivity contribution in [1.29, 1.82) is 0 Å². The number of carbonyl (C=O) groups is 1. The summed E-state index contributed by atoms with van der Waals surface area (Å²) in [6.07, 6.45) is 0. The van der Waals surface area contributed by atoms with Crippen molar-refractivity contribution in [1.82, 2.24) is 14.2 Å². The summed E-state index contributed by atoms with van der Waals surface area (Å²) in [5.41, 5.74) is 2.10. The van der Waals surface area contributed by atoms with Gasteiger partial charge in [-0.15, -0.1) is 0 Å². The molecular weight excluding hydrogens is 402 g/mol. The van der Waals surface area contributed by atoms with Crippen LogP contribution in [0.25, 0.3) is 10.9 Å². The molecule has 3 aromatic rings. The number of benzene rings is 2. The van der Waals surface area contributed by atoms with Crippen LogP contribution in [0.4, 0.5) is 0 Å². The van der Waals surface area contributed by atoms with E-state index >= 15 is 0 Å². The zero-order valence-corrected chi connectivity index (χ0v) is 17.7. The maximum Gasteiger partial charge on any atom is 0.270 e. The van der Waals surface area contributed by atoms with Crippen LogP contribution in [0.5, 0.6) is 5.75 Å². The molecule has 0 spiro atoms. The van der Waals surface area contributed by atoms with Gasteiger partial charge in [0.25, 0.3) is 5.91 Å². The Morgan fingerprint density at radius 1 is 1.03 bits per heavy atom. The summed E-state index contributed by atoms with van der Waals surface area (Å²) in [4.78, 5) is 17.8. The first-order valence-corrected chi connectivity index (χ1v) is 11.6. The Morgan fingerprint density at radius 3 is 2.47 bits per heavy atom. The van der Waals surface area contributed by atoms with E-state index in [2.05, 4.69) is 4.98 Å². The van der Waals surface area contributed by atoms with Gasteiger partial charge < -0.3 is 14.6 Å². The minimum Gasteiger partial charge on any atom is -0.494 e. The summed E-state index contributed by atoms with van der Waals surface area (Å²) < 4.78 is 32.4. The second-order valence-corrected chi connectivity index (χ2v) is 9.27. The molecule has 158 valence electrons. The quantitative estimate of drug-likeness (QED) is 0.656. The number of aromatic amines is 1. The van der Waals surface area contributed by atoms with Gasteiger partial charge in [-0.1, -0.05) is 30.3 Å². The normalized spacial score (nSPS) is 15.4. The summed E-state index contributed by atoms with van der Waals surface area (Å²) in [6.45, 7) is 3.84. The maximum absolute atomic E-state index is 12.9. The van der Waals surface area contributed by atoms with Gasteiger partial charge in [0, 0.05) is 43.1 Å². The van der Waals surface area contributed by atoms with Crippen LogP contribution in [0.2, 0.25) is 0 Å². The number of fused-ring (bicyclic) bond motifs is 1. The van der Waals surface area contributed by atoms with Gasteiger partial charge in [0.2, 0.25) is 10.0 Å². The first-order chi connectivity index (χ1) is 14.5. The SMILES string of the molecule is CCOc1ccc2cc(C(=O)N3CCN(S(=O)(=O)Cc4ccccc4)CC3)[nH]c2c1. The molecule has 30 heavy (non-hydrogen) atoms. The monoisotopic (exact) mass is 427 g/mol. The van der Waals surface area contributed by atoms with Crippen LogP contribution < -0.4 is 4.74 Å². The molecule has 1 N–H and O–H groups in total. The molecule has 7 nitrogen and oxygen atoms in total. The third-order valence-electron chi connectivity index (χ3n) is 5.25. The van der Waals surface area contributed by atoms with E-state index < -0.39 is 10.0 Å². The molecule has 0 unspecified atom stereocenters. The molecule has 1 aliphatic heterocycles. The van der Waals surface area contributed by atoms with Crippen molar-refractivity contribution < 1.29 is 17.9 Å². The lowest BCUT2D eigenvalue weighted by Gasteiger charge is -2.33. The fourth-order valence-electron chi connectivity index (χ4n) is 3.69. The average molecular weight is 428 g/mol. The number of hydrogen-bond donors (Lipinski definition) is 1. The maximum atomic E-state index is 12.9. The van der Waals surface area contributed by atoms with Gasteiger partial charge in [-0.3, -0.25) is 4.79 Å². The van der Waals surface area contributed by atoms with E-state index in [1.807, 2.05) is 61.5 Å². The molecule has 1 saturated heterocycles. The number of nitrogens with zero attached hydrogens (tertiary/aromatic N) is 2. The number of piperazine rings is 1. The predicted octanol–water partition coefficient (Wildman–Crippen LogP) is 2.85. The van der Waals surface area contributed by atoms with Crippen molar-refractivity contribution in [2.24, 2.45) is 0 Å². The zero-order valence-electron chi connectivity index (χ0n) is 16.9. The minimum absolute atomic E-state index is 0.0219. The minimum atomic E-state index is -3.41. The van der Waals surface area contributed by atoms with Gasteiger partial charge in [-0.05, 0) is 30.7 Å². The molecule has 0 atom stereocenters. The number of hydrogen-bond acceptors (Lipinski definition) is 4. The van der Waals surface area contributed by atoms with Gasteiger partial charge in [0.1, 0.15) is 11.4 Å². The Hall–Kier alpha value is -2.84. The highest BCUT2D eigenvalue weighted by atomic mass is 32.2. The van der Waals surface area contributed by atoms with E-state index in [9.17, 15) is 13.2 Å². The van der Waals surface area contributed by atoms with Crippen LogP contribution >= 0.6 is 0 Å². The van der Waals surface area contributed by atoms with Crippen molar-refractivity contribution in [3.05, 3.63) is 65.9 Å². The highest BCUT2D eigenvalue weighted by Crippen LogP contribution is 2.23. The van der Waals surface area contributed by atoms with Crippen LogP contribution in [0.3, 0.4) is 0 Å². The van der Waals surface area contributed by atoms with Gasteiger partial charge in [-0.2, -0.15) is 4.31 Å². The van der Waals surface area contributed by atoms with Crippen LogP contribution in [-0.4, -0.2) is 61.3 Å². The van der Waals surface area contributed by atoms with E-state index in [1.165, 1.54) is 4.31 Å². The molecule has 2 aromatic carbocycles. The smallest absolute Gasteiger partial charge is 0.270 e. The van der Waals surface area contributed by atoms with Crippen molar-refractivity contribution >= 4 is 26.8 Å². The first-order valence-electron chi connectivity index (χ1n) is 10.0. The standard InChI is InChI=1S/C22H25N3O4S/c1-2-29-19-9-8-18-14-21(23-20(18)15-19)22(26)24-10-12-25(13-11-24)30(27,28)16-17-6-4-3-5-7-17/h3-9,14-15,23H,2,10-13,16H2,1H3. The Kier molecular flexibility index (Phi) is 5.78. The summed E-state index contributed by atoms with van der Waals surface area (Å²) in [5, 5.41) is 0.936. The molecule has 0 bridgehead atoms. The Bertz CT molecular complexity index is 1130. The Morgan fingerprint density at radius 2 is 1.77 bits per heavy atom. The molecule has 0 radical (unpaired) electrons. The van der Waals surface area contributed by atoms with Crippen molar-refractivity contribution in [3.63, 3.8) is 0 Å². The van der Waals surface area contributed by atoms with Gasteiger partial charge >= 0.3 is 0 Å². The number of aromatic nitrogens is 1. The van der Waals surface area contributed by atoms with Gasteiger partial charge in [0.05, 0.1) is 12.4 Å². The largest absolute Gasteiger partial charge is 0.494 e. The summed E-state index contributed by atoms with van der Waals surface area (Å²) in [7, 11) is -3.41. The number of H-pyrrole nitrogens is 1. The van der Waals surface area contributed by atoms with Crippen molar-refractivity contribution in [2.75, 3.05) is 32.8 Å². The van der Waals surface area contributed by atoms with Crippen LogP contribution in [0, 0.1) is 0 Å². The van der Waals surface area contributed by atoms with Gasteiger partial charge in [-0.25, -0.2) is 8.42 Å². The van der Waals surface area contributed by atoms with E-state index in [1.54, 1.807) is 4.90 Å². The number of carbonyl (C=O) groups excluding carboxylic acids is 1. The van der Waals surface area contributed by atoms with E-state index in [0.29, 0.717) is 38.5 Å². The fraction of sp³-hybridized carbons (Fsp3) is 0.318. The lowest BCUT2D eigenvalue weighted by Crippen LogP contribution is -2.50. The second kappa shape index (κ2) is 8.49. The summed E-state index contributed by atoms with van der Waals surface area (Å²) in [6, 6.07) is 16.6. The van der Waals surface area contributed by atoms with Crippen molar-refractivity contribution in [3.8, 4) is 5.75 Å². The highest BCUT2D eigenvalue weighted by Gasteiger charge is 2.29. The summed E-state index contributed by atoms with van der Waals surface area (Å²) in [5.74, 6) is 0.610. The van der Waals surface area contributed by atoms with Crippen LogP contribution in [-0.2, 0) is 15.8 Å². The molecule has 0 saturated carbocycles. The fourth-order valence-corrected chi connectivity index (χ4v) is 5.21. The molecule has 4 rings (SSSR count). The Labute approximate surface area is 176 Å². The number of sulfonamides is 1. The third-order valence-corrected chi connectivity index (χ3v) is 7.10. The molecule has 1 amide bonds. The molecule has 1 aliphatic rings. The van der Waals surface area contributed by atoms with Crippen LogP contribution in [0.1, 0.15) is 23.0 Å². The second-order valence-electron chi connectivity index (χ2n) is 7.30. The number of rotatable bonds is 6. The first kappa shape index (κ1) is 20.4. The lowest BCUT2D eigenvalue weighted by atomic mass is 10.2. The predicted molar refractivity (Wildman–Crippen MR) is 116 cm³/mol. The van der Waals surface area contributed by atoms with E-state index in [-0.39, 0.29) is 11.7 Å². The number of amides is 1. The topological polar surface area (TPSA) is 82.7 Å². The Balaban J connectivity index is 1.41. The van der Waals surface area contributed by atoms with Gasteiger partial charge in [0.15, 0.2) is 0 Å².